The monoisotopic (exact) mass is 402 g/mol. The van der Waals surface area contributed by atoms with E-state index in [1.54, 1.807) is 24.3 Å². The molecule has 9 heteroatoms. The molecular weight excluding hydrogens is 388 g/mol. The lowest BCUT2D eigenvalue weighted by Gasteiger charge is -2.09. The first-order valence-corrected chi connectivity index (χ1v) is 10.3. The highest BCUT2D eigenvalue weighted by Crippen LogP contribution is 2.28. The fourth-order valence-corrected chi connectivity index (χ4v) is 4.58. The minimum Gasteiger partial charge on any atom is -0.423 e. The van der Waals surface area contributed by atoms with Crippen LogP contribution in [0.1, 0.15) is 18.9 Å². The molecule has 0 atom stereocenters. The summed E-state index contributed by atoms with van der Waals surface area (Å²) in [5, 5.41) is 0.756. The quantitative estimate of drug-likeness (QED) is 0.372. The van der Waals surface area contributed by atoms with Gasteiger partial charge in [-0.1, -0.05) is 19.4 Å². The maximum Gasteiger partial charge on any atom is 0.341 e. The van der Waals surface area contributed by atoms with Gasteiger partial charge in [0, 0.05) is 17.5 Å². The minimum atomic E-state index is -4.12. The average molecular weight is 402 g/mol. The first-order valence-electron chi connectivity index (χ1n) is 8.20. The fourth-order valence-electron chi connectivity index (χ4n) is 2.89. The van der Waals surface area contributed by atoms with E-state index in [1.807, 2.05) is 6.92 Å². The van der Waals surface area contributed by atoms with Crippen LogP contribution in [0, 0.1) is 0 Å². The Bertz CT molecular complexity index is 1310. The summed E-state index contributed by atoms with van der Waals surface area (Å²) in [6.45, 7) is 2.01. The molecule has 0 spiro atoms. The first kappa shape index (κ1) is 17.6. The molecule has 2 aromatic carbocycles. The zero-order valence-electron chi connectivity index (χ0n) is 14.2. The van der Waals surface area contributed by atoms with Crippen LogP contribution in [0.4, 0.5) is 0 Å². The third-order valence-corrected chi connectivity index (χ3v) is 5.87. The molecule has 2 heterocycles. The number of nitrogens with zero attached hydrogens (tertiary/aromatic N) is 2. The number of aryl methyl sites for hydroxylation is 1. The number of rotatable bonds is 5. The summed E-state index contributed by atoms with van der Waals surface area (Å²) >= 11 is 0.929. The molecule has 0 bridgehead atoms. The van der Waals surface area contributed by atoms with Gasteiger partial charge in [0.15, 0.2) is 0 Å². The predicted octanol–water partition coefficient (Wildman–Crippen LogP) is 3.52. The van der Waals surface area contributed by atoms with E-state index in [4.69, 9.17) is 8.60 Å². The van der Waals surface area contributed by atoms with Gasteiger partial charge in [-0.05, 0) is 36.2 Å². The molecule has 0 amide bonds. The van der Waals surface area contributed by atoms with Crippen LogP contribution in [-0.2, 0) is 16.5 Å². The normalized spacial score (nSPS) is 11.9. The number of aromatic nitrogens is 2. The topological polar surface area (TPSA) is 99.4 Å². The van der Waals surface area contributed by atoms with Crippen LogP contribution < -0.4 is 9.81 Å². The van der Waals surface area contributed by atoms with Crippen LogP contribution in [-0.4, -0.2) is 17.2 Å². The van der Waals surface area contributed by atoms with Crippen molar-refractivity contribution < 1.29 is 17.0 Å². The van der Waals surface area contributed by atoms with Crippen LogP contribution in [0.3, 0.4) is 0 Å². The lowest BCUT2D eigenvalue weighted by molar-refractivity contribution is 0.486. The molecule has 4 rings (SSSR count). The minimum absolute atomic E-state index is 0.0551. The molecule has 0 saturated carbocycles. The molecule has 0 N–H and O–H groups in total. The zero-order chi connectivity index (χ0) is 19.0. The molecule has 0 saturated heterocycles. The van der Waals surface area contributed by atoms with Gasteiger partial charge in [0.1, 0.15) is 27.3 Å². The summed E-state index contributed by atoms with van der Waals surface area (Å²) in [6, 6.07) is 10.8. The number of benzene rings is 2. The van der Waals surface area contributed by atoms with E-state index in [0.29, 0.717) is 5.52 Å². The van der Waals surface area contributed by atoms with E-state index >= 15 is 0 Å². The van der Waals surface area contributed by atoms with Crippen LogP contribution in [0.5, 0.6) is 5.75 Å². The Balaban J connectivity index is 1.77. The Morgan fingerprint density at radius 1 is 1.15 bits per heavy atom. The van der Waals surface area contributed by atoms with Crippen molar-refractivity contribution >= 4 is 43.8 Å². The highest BCUT2D eigenvalue weighted by atomic mass is 32.2. The molecule has 0 aliphatic carbocycles. The summed E-state index contributed by atoms with van der Waals surface area (Å²) in [5.74, 6) is 0.0551. The second-order valence-electron chi connectivity index (χ2n) is 5.92. The summed E-state index contributed by atoms with van der Waals surface area (Å²) < 4.78 is 44.0. The van der Waals surface area contributed by atoms with E-state index in [9.17, 15) is 13.2 Å². The van der Waals surface area contributed by atoms with Crippen LogP contribution in [0.15, 0.2) is 56.6 Å². The summed E-state index contributed by atoms with van der Waals surface area (Å²) in [4.78, 5) is 11.7. The third kappa shape index (κ3) is 3.31. The summed E-state index contributed by atoms with van der Waals surface area (Å²) in [5.41, 5.74) is 1.41. The fraction of sp³-hybridized carbons (Fsp3) is 0.167. The van der Waals surface area contributed by atoms with Gasteiger partial charge >= 0.3 is 15.7 Å². The Kier molecular flexibility index (Phi) is 4.40. The van der Waals surface area contributed by atoms with Gasteiger partial charge in [0.05, 0.1) is 11.7 Å². The van der Waals surface area contributed by atoms with Crippen molar-refractivity contribution in [2.75, 3.05) is 0 Å². The van der Waals surface area contributed by atoms with Gasteiger partial charge in [0.25, 0.3) is 0 Å². The highest BCUT2D eigenvalue weighted by molar-refractivity contribution is 7.87. The largest absolute Gasteiger partial charge is 0.423 e. The van der Waals surface area contributed by atoms with E-state index in [-0.39, 0.29) is 21.7 Å². The second-order valence-corrected chi connectivity index (χ2v) is 7.97. The average Bonchev–Trinajstić information content (AvgIpc) is 3.09. The summed E-state index contributed by atoms with van der Waals surface area (Å²) in [7, 11) is -4.12. The zero-order valence-corrected chi connectivity index (χ0v) is 15.8. The molecule has 0 fully saturated rings. The van der Waals surface area contributed by atoms with E-state index in [1.165, 1.54) is 18.2 Å². The van der Waals surface area contributed by atoms with Crippen LogP contribution in [0.2, 0.25) is 0 Å². The van der Waals surface area contributed by atoms with Crippen molar-refractivity contribution in [3.05, 3.63) is 58.4 Å². The van der Waals surface area contributed by atoms with E-state index in [0.717, 1.165) is 35.5 Å². The molecular formula is C18H14N2O5S2. The number of fused-ring (bicyclic) bond motifs is 2. The standard InChI is InChI=1S/C18H14N2O5S2/c1-2-4-11-9-17(21)24-15-10-12(7-8-13(11)15)25-27(22,23)16-6-3-5-14-18(16)20-26-19-14/h3,5-10H,2,4H2,1H3. The van der Waals surface area contributed by atoms with Gasteiger partial charge < -0.3 is 8.60 Å². The lowest BCUT2D eigenvalue weighted by Crippen LogP contribution is -2.10. The second kappa shape index (κ2) is 6.75. The predicted molar refractivity (Wildman–Crippen MR) is 102 cm³/mol. The molecule has 7 nitrogen and oxygen atoms in total. The molecule has 4 aromatic rings. The van der Waals surface area contributed by atoms with Crippen molar-refractivity contribution in [2.45, 2.75) is 24.7 Å². The highest BCUT2D eigenvalue weighted by Gasteiger charge is 2.22. The molecule has 0 radical (unpaired) electrons. The SMILES string of the molecule is CCCc1cc(=O)oc2cc(OS(=O)(=O)c3cccc4nsnc34)ccc12. The van der Waals surface area contributed by atoms with Gasteiger partial charge in [-0.15, -0.1) is 0 Å². The van der Waals surface area contributed by atoms with Gasteiger partial charge in [-0.3, -0.25) is 0 Å². The van der Waals surface area contributed by atoms with Gasteiger partial charge in [-0.25, -0.2) is 4.79 Å². The smallest absolute Gasteiger partial charge is 0.341 e. The van der Waals surface area contributed by atoms with E-state index in [2.05, 4.69) is 8.75 Å². The van der Waals surface area contributed by atoms with Crippen molar-refractivity contribution in [2.24, 2.45) is 0 Å². The number of hydrogen-bond donors (Lipinski definition) is 0. The van der Waals surface area contributed by atoms with Crippen LogP contribution in [0.25, 0.3) is 22.0 Å². The van der Waals surface area contributed by atoms with Crippen molar-refractivity contribution in [1.29, 1.82) is 0 Å². The maximum atomic E-state index is 12.7. The van der Waals surface area contributed by atoms with Crippen LogP contribution >= 0.6 is 11.7 Å². The molecule has 0 aliphatic heterocycles. The van der Waals surface area contributed by atoms with Gasteiger partial charge in [0.2, 0.25) is 0 Å². The van der Waals surface area contributed by atoms with Gasteiger partial charge in [-0.2, -0.15) is 17.2 Å². The van der Waals surface area contributed by atoms with Crippen molar-refractivity contribution in [3.63, 3.8) is 0 Å². The molecule has 0 unspecified atom stereocenters. The number of hydrogen-bond acceptors (Lipinski definition) is 8. The Hall–Kier alpha value is -2.78. The molecule has 138 valence electrons. The Labute approximate surface area is 158 Å². The molecule has 2 aromatic heterocycles. The molecule has 0 aliphatic rings. The Morgan fingerprint density at radius 3 is 2.81 bits per heavy atom. The third-order valence-electron chi connectivity index (χ3n) is 4.05. The van der Waals surface area contributed by atoms with Crippen molar-refractivity contribution in [1.82, 2.24) is 8.75 Å². The van der Waals surface area contributed by atoms with E-state index < -0.39 is 15.7 Å². The lowest BCUT2D eigenvalue weighted by atomic mass is 10.1. The maximum absolute atomic E-state index is 12.7. The van der Waals surface area contributed by atoms with Crippen molar-refractivity contribution in [3.8, 4) is 5.75 Å². The summed E-state index contributed by atoms with van der Waals surface area (Å²) in [6.07, 6.45) is 1.59. The first-order chi connectivity index (χ1) is 13.0. The molecule has 27 heavy (non-hydrogen) atoms. The Morgan fingerprint density at radius 2 is 2.00 bits per heavy atom.